The Bertz CT molecular complexity index is 711. The van der Waals surface area contributed by atoms with Gasteiger partial charge in [0.15, 0.2) is 0 Å². The summed E-state index contributed by atoms with van der Waals surface area (Å²) in [6.45, 7) is 0. The highest BCUT2D eigenvalue weighted by atomic mass is 35.5. The van der Waals surface area contributed by atoms with Gasteiger partial charge in [-0.05, 0) is 24.3 Å². The average molecular weight is 309 g/mol. The first kappa shape index (κ1) is 14.9. The van der Waals surface area contributed by atoms with E-state index in [-0.39, 0.29) is 18.5 Å². The molecule has 0 radical (unpaired) electrons. The van der Waals surface area contributed by atoms with E-state index in [1.54, 1.807) is 24.3 Å². The lowest BCUT2D eigenvalue weighted by Crippen LogP contribution is -2.42. The van der Waals surface area contributed by atoms with Crippen LogP contribution in [0.25, 0.3) is 10.9 Å². The number of hydrogen-bond donors (Lipinski definition) is 4. The molecular formula is C13H13ClN4O3. The third-order valence-corrected chi connectivity index (χ3v) is 2.98. The normalized spacial score (nSPS) is 10.3. The largest absolute Gasteiger partial charge is 0.370 e. The Kier molecular flexibility index (Phi) is 4.44. The second kappa shape index (κ2) is 6.27. The Balaban J connectivity index is 1.96. The minimum absolute atomic E-state index is 0.0768. The highest BCUT2D eigenvalue weighted by Crippen LogP contribution is 2.19. The summed E-state index contributed by atoms with van der Waals surface area (Å²) >= 11 is 5.86. The molecule has 0 spiro atoms. The van der Waals surface area contributed by atoms with E-state index < -0.39 is 17.7 Å². The standard InChI is InChI=1S/C13H13ClN4O3/c14-8-1-2-9-7(5-8)6-10(16-9)13(21)18-17-12(20)4-3-11(15)19/h1-2,5-6,16H,3-4H2,(H2,15,19)(H,17,20)(H,18,21). The zero-order valence-corrected chi connectivity index (χ0v) is 11.7. The molecule has 2 rings (SSSR count). The van der Waals surface area contributed by atoms with Gasteiger partial charge >= 0.3 is 0 Å². The van der Waals surface area contributed by atoms with Gasteiger partial charge in [0.1, 0.15) is 5.69 Å². The number of halogens is 1. The fourth-order valence-electron chi connectivity index (χ4n) is 1.72. The SMILES string of the molecule is NC(=O)CCC(=O)NNC(=O)c1cc2cc(Cl)ccc2[nH]1. The van der Waals surface area contributed by atoms with Crippen molar-refractivity contribution in [2.75, 3.05) is 0 Å². The molecule has 1 aromatic carbocycles. The van der Waals surface area contributed by atoms with Gasteiger partial charge in [0.25, 0.3) is 5.91 Å². The van der Waals surface area contributed by atoms with Gasteiger partial charge in [-0.25, -0.2) is 0 Å². The molecule has 110 valence electrons. The van der Waals surface area contributed by atoms with Gasteiger partial charge in [-0.15, -0.1) is 0 Å². The lowest BCUT2D eigenvalue weighted by molar-refractivity contribution is -0.125. The second-order valence-electron chi connectivity index (χ2n) is 4.38. The molecule has 0 aliphatic carbocycles. The summed E-state index contributed by atoms with van der Waals surface area (Å²) in [4.78, 5) is 36.6. The molecule has 7 nitrogen and oxygen atoms in total. The van der Waals surface area contributed by atoms with Crippen molar-refractivity contribution < 1.29 is 14.4 Å². The minimum atomic E-state index is -0.580. The van der Waals surface area contributed by atoms with Crippen LogP contribution in [0.2, 0.25) is 5.02 Å². The van der Waals surface area contributed by atoms with Gasteiger partial charge in [-0.2, -0.15) is 0 Å². The molecule has 21 heavy (non-hydrogen) atoms. The molecule has 0 saturated heterocycles. The third-order valence-electron chi connectivity index (χ3n) is 2.74. The molecule has 0 saturated carbocycles. The first-order chi connectivity index (χ1) is 9.95. The summed E-state index contributed by atoms with van der Waals surface area (Å²) in [6, 6.07) is 6.79. The molecule has 0 unspecified atom stereocenters. The Morgan fingerprint density at radius 3 is 2.62 bits per heavy atom. The van der Waals surface area contributed by atoms with Gasteiger partial charge in [-0.3, -0.25) is 25.2 Å². The smallest absolute Gasteiger partial charge is 0.286 e. The number of amides is 3. The van der Waals surface area contributed by atoms with Crippen molar-refractivity contribution in [3.05, 3.63) is 35.0 Å². The van der Waals surface area contributed by atoms with Crippen molar-refractivity contribution in [3.8, 4) is 0 Å². The van der Waals surface area contributed by atoms with Gasteiger partial charge in [0, 0.05) is 28.8 Å². The van der Waals surface area contributed by atoms with E-state index in [1.165, 1.54) is 0 Å². The topological polar surface area (TPSA) is 117 Å². The van der Waals surface area contributed by atoms with E-state index in [9.17, 15) is 14.4 Å². The Hall–Kier alpha value is -2.54. The molecule has 8 heteroatoms. The maximum Gasteiger partial charge on any atom is 0.286 e. The third kappa shape index (κ3) is 3.96. The molecule has 0 fully saturated rings. The predicted molar refractivity (Wildman–Crippen MR) is 77.3 cm³/mol. The zero-order valence-electron chi connectivity index (χ0n) is 10.9. The van der Waals surface area contributed by atoms with Crippen LogP contribution in [0.1, 0.15) is 23.3 Å². The molecule has 1 heterocycles. The highest BCUT2D eigenvalue weighted by Gasteiger charge is 2.11. The second-order valence-corrected chi connectivity index (χ2v) is 4.82. The molecule has 0 bridgehead atoms. The number of carbonyl (C=O) groups is 3. The van der Waals surface area contributed by atoms with Crippen molar-refractivity contribution in [1.82, 2.24) is 15.8 Å². The van der Waals surface area contributed by atoms with Crippen molar-refractivity contribution in [3.63, 3.8) is 0 Å². The summed E-state index contributed by atoms with van der Waals surface area (Å²) in [5.74, 6) is -1.58. The van der Waals surface area contributed by atoms with Gasteiger partial charge in [0.05, 0.1) is 0 Å². The fourth-order valence-corrected chi connectivity index (χ4v) is 1.90. The monoisotopic (exact) mass is 308 g/mol. The van der Waals surface area contributed by atoms with Crippen LogP contribution in [-0.4, -0.2) is 22.7 Å². The number of nitrogens with two attached hydrogens (primary N) is 1. The van der Waals surface area contributed by atoms with Crippen LogP contribution in [0.4, 0.5) is 0 Å². The molecule has 5 N–H and O–H groups in total. The van der Waals surface area contributed by atoms with Crippen molar-refractivity contribution in [1.29, 1.82) is 0 Å². The number of nitrogens with one attached hydrogen (secondary N) is 3. The number of hydrogen-bond acceptors (Lipinski definition) is 3. The van der Waals surface area contributed by atoms with E-state index in [1.807, 2.05) is 0 Å². The van der Waals surface area contributed by atoms with Crippen LogP contribution in [0.15, 0.2) is 24.3 Å². The molecule has 0 aliphatic heterocycles. The molecule has 2 aromatic rings. The first-order valence-electron chi connectivity index (χ1n) is 6.11. The molecular weight excluding hydrogens is 296 g/mol. The Morgan fingerprint density at radius 1 is 1.14 bits per heavy atom. The number of hydrazine groups is 1. The highest BCUT2D eigenvalue weighted by molar-refractivity contribution is 6.31. The summed E-state index contributed by atoms with van der Waals surface area (Å²) < 4.78 is 0. The van der Waals surface area contributed by atoms with E-state index in [2.05, 4.69) is 15.8 Å². The number of rotatable bonds is 4. The van der Waals surface area contributed by atoms with Crippen LogP contribution < -0.4 is 16.6 Å². The van der Waals surface area contributed by atoms with Gasteiger partial charge < -0.3 is 10.7 Å². The van der Waals surface area contributed by atoms with E-state index >= 15 is 0 Å². The number of primary amides is 1. The maximum atomic E-state index is 11.9. The van der Waals surface area contributed by atoms with Crippen LogP contribution in [0.3, 0.4) is 0 Å². The van der Waals surface area contributed by atoms with Crippen LogP contribution in [0.5, 0.6) is 0 Å². The number of fused-ring (bicyclic) bond motifs is 1. The predicted octanol–water partition coefficient (Wildman–Crippen LogP) is 0.848. The summed E-state index contributed by atoms with van der Waals surface area (Å²) in [5, 5.41) is 1.35. The summed E-state index contributed by atoms with van der Waals surface area (Å²) in [5.41, 5.74) is 10.4. The lowest BCUT2D eigenvalue weighted by Gasteiger charge is -2.05. The summed E-state index contributed by atoms with van der Waals surface area (Å²) in [6.07, 6.45) is -0.162. The lowest BCUT2D eigenvalue weighted by atomic mass is 10.2. The number of H-pyrrole nitrogens is 1. The number of aromatic amines is 1. The van der Waals surface area contributed by atoms with Gasteiger partial charge in [-0.1, -0.05) is 11.6 Å². The molecule has 0 aliphatic rings. The first-order valence-corrected chi connectivity index (χ1v) is 6.49. The quantitative estimate of drug-likeness (QED) is 0.627. The van der Waals surface area contributed by atoms with E-state index in [4.69, 9.17) is 17.3 Å². The maximum absolute atomic E-state index is 11.9. The molecule has 1 aromatic heterocycles. The number of benzene rings is 1. The van der Waals surface area contributed by atoms with E-state index in [0.717, 1.165) is 10.9 Å². The average Bonchev–Trinajstić information content (AvgIpc) is 2.85. The fraction of sp³-hybridized carbons (Fsp3) is 0.154. The molecule has 3 amide bonds. The molecule has 0 atom stereocenters. The van der Waals surface area contributed by atoms with Crippen molar-refractivity contribution >= 4 is 40.2 Å². The minimum Gasteiger partial charge on any atom is -0.370 e. The number of aromatic nitrogens is 1. The van der Waals surface area contributed by atoms with Crippen molar-refractivity contribution in [2.45, 2.75) is 12.8 Å². The van der Waals surface area contributed by atoms with Crippen LogP contribution in [-0.2, 0) is 9.59 Å². The summed E-state index contributed by atoms with van der Waals surface area (Å²) in [7, 11) is 0. The Morgan fingerprint density at radius 2 is 1.90 bits per heavy atom. The zero-order chi connectivity index (χ0) is 15.4. The van der Waals surface area contributed by atoms with E-state index in [0.29, 0.717) is 5.02 Å². The number of carbonyl (C=O) groups excluding carboxylic acids is 3. The van der Waals surface area contributed by atoms with Crippen LogP contribution in [0, 0.1) is 0 Å². The van der Waals surface area contributed by atoms with Crippen molar-refractivity contribution in [2.24, 2.45) is 5.73 Å². The Labute approximate surface area is 124 Å². The van der Waals surface area contributed by atoms with Crippen LogP contribution >= 0.6 is 11.6 Å². The van der Waals surface area contributed by atoms with Gasteiger partial charge in [0.2, 0.25) is 11.8 Å².